The van der Waals surface area contributed by atoms with Crippen LogP contribution in [-0.2, 0) is 14.8 Å². The highest BCUT2D eigenvalue weighted by molar-refractivity contribution is 7.89. The highest BCUT2D eigenvalue weighted by Crippen LogP contribution is 2.36. The Morgan fingerprint density at radius 1 is 1.04 bits per heavy atom. The predicted octanol–water partition coefficient (Wildman–Crippen LogP) is 1.97. The lowest BCUT2D eigenvalue weighted by Gasteiger charge is -2.14. The molecule has 9 heteroatoms. The third kappa shape index (κ3) is 4.89. The molecular formula is C18H22N2O6S. The van der Waals surface area contributed by atoms with Crippen LogP contribution in [0, 0.1) is 0 Å². The highest BCUT2D eigenvalue weighted by Gasteiger charge is 2.18. The lowest BCUT2D eigenvalue weighted by Crippen LogP contribution is -2.23. The number of para-hydroxylation sites is 1. The molecule has 0 heterocycles. The average molecular weight is 394 g/mol. The van der Waals surface area contributed by atoms with Crippen LogP contribution in [0.25, 0.3) is 0 Å². The maximum atomic E-state index is 12.2. The molecule has 0 unspecified atom stereocenters. The third-order valence-corrected chi connectivity index (χ3v) is 5.44. The van der Waals surface area contributed by atoms with E-state index in [9.17, 15) is 13.2 Å². The van der Waals surface area contributed by atoms with Crippen molar-refractivity contribution in [1.82, 2.24) is 4.31 Å². The van der Waals surface area contributed by atoms with Crippen molar-refractivity contribution in [3.05, 3.63) is 42.5 Å². The second-order valence-electron chi connectivity index (χ2n) is 5.64. The van der Waals surface area contributed by atoms with Crippen molar-refractivity contribution in [2.45, 2.75) is 4.90 Å². The van der Waals surface area contributed by atoms with Gasteiger partial charge in [-0.1, -0.05) is 12.1 Å². The van der Waals surface area contributed by atoms with Crippen LogP contribution in [0.3, 0.4) is 0 Å². The molecule has 0 aromatic heterocycles. The van der Waals surface area contributed by atoms with E-state index in [1.165, 1.54) is 40.4 Å². The summed E-state index contributed by atoms with van der Waals surface area (Å²) in [5.41, 5.74) is 0.346. The Morgan fingerprint density at radius 3 is 2.19 bits per heavy atom. The average Bonchev–Trinajstić information content (AvgIpc) is 2.66. The molecule has 8 nitrogen and oxygen atoms in total. The van der Waals surface area contributed by atoms with Gasteiger partial charge in [0.2, 0.25) is 15.8 Å². The standard InChI is InChI=1S/C18H22N2O6S/c1-20(2)27(22,23)14-8-5-7-13(11-14)19-17(21)12-26-18-15(24-3)9-6-10-16(18)25-4/h5-11H,12H2,1-4H3,(H,19,21). The Morgan fingerprint density at radius 2 is 1.63 bits per heavy atom. The zero-order valence-corrected chi connectivity index (χ0v) is 16.4. The SMILES string of the molecule is COc1cccc(OC)c1OCC(=O)Nc1cccc(S(=O)(=O)N(C)C)c1. The van der Waals surface area contributed by atoms with Crippen molar-refractivity contribution in [3.8, 4) is 17.2 Å². The fourth-order valence-electron chi connectivity index (χ4n) is 2.24. The van der Waals surface area contributed by atoms with Gasteiger partial charge in [0.1, 0.15) is 0 Å². The molecule has 2 aromatic carbocycles. The normalized spacial score (nSPS) is 11.1. The summed E-state index contributed by atoms with van der Waals surface area (Å²) >= 11 is 0. The van der Waals surface area contributed by atoms with E-state index in [0.717, 1.165) is 4.31 Å². The highest BCUT2D eigenvalue weighted by atomic mass is 32.2. The molecule has 0 saturated heterocycles. The molecule has 0 aliphatic carbocycles. The number of hydrogen-bond acceptors (Lipinski definition) is 6. The predicted molar refractivity (Wildman–Crippen MR) is 101 cm³/mol. The Hall–Kier alpha value is -2.78. The van der Waals surface area contributed by atoms with Crippen LogP contribution in [0.4, 0.5) is 5.69 Å². The number of sulfonamides is 1. The van der Waals surface area contributed by atoms with Gasteiger partial charge in [-0.25, -0.2) is 12.7 Å². The summed E-state index contributed by atoms with van der Waals surface area (Å²) < 4.78 is 41.4. The number of benzene rings is 2. The number of carbonyl (C=O) groups is 1. The van der Waals surface area contributed by atoms with Gasteiger partial charge in [0, 0.05) is 19.8 Å². The van der Waals surface area contributed by atoms with E-state index >= 15 is 0 Å². The molecule has 0 bridgehead atoms. The van der Waals surface area contributed by atoms with Gasteiger partial charge in [-0.05, 0) is 30.3 Å². The molecule has 1 amide bonds. The Labute approximate surface area is 158 Å². The van der Waals surface area contributed by atoms with Crippen LogP contribution in [0.1, 0.15) is 0 Å². The second-order valence-corrected chi connectivity index (χ2v) is 7.80. The van der Waals surface area contributed by atoms with Crippen LogP contribution in [0.5, 0.6) is 17.2 Å². The molecular weight excluding hydrogens is 372 g/mol. The monoisotopic (exact) mass is 394 g/mol. The summed E-state index contributed by atoms with van der Waals surface area (Å²) in [7, 11) is 2.26. The second kappa shape index (κ2) is 8.74. The minimum atomic E-state index is -3.59. The lowest BCUT2D eigenvalue weighted by molar-refractivity contribution is -0.118. The zero-order valence-electron chi connectivity index (χ0n) is 15.6. The van der Waals surface area contributed by atoms with Gasteiger partial charge in [0.15, 0.2) is 18.1 Å². The minimum Gasteiger partial charge on any atom is -0.493 e. The van der Waals surface area contributed by atoms with Gasteiger partial charge >= 0.3 is 0 Å². The van der Waals surface area contributed by atoms with Gasteiger partial charge in [0.25, 0.3) is 5.91 Å². The smallest absolute Gasteiger partial charge is 0.262 e. The van der Waals surface area contributed by atoms with Crippen LogP contribution >= 0.6 is 0 Å². The molecule has 2 aromatic rings. The number of amides is 1. The van der Waals surface area contributed by atoms with Gasteiger partial charge in [0.05, 0.1) is 19.1 Å². The Kier molecular flexibility index (Phi) is 6.65. The van der Waals surface area contributed by atoms with Crippen molar-refractivity contribution in [1.29, 1.82) is 0 Å². The number of methoxy groups -OCH3 is 2. The quantitative estimate of drug-likeness (QED) is 0.736. The van der Waals surface area contributed by atoms with Crippen molar-refractivity contribution in [2.75, 3.05) is 40.2 Å². The first-order valence-corrected chi connectivity index (χ1v) is 9.40. The molecule has 0 atom stereocenters. The number of anilines is 1. The fraction of sp³-hybridized carbons (Fsp3) is 0.278. The maximum Gasteiger partial charge on any atom is 0.262 e. The number of nitrogens with zero attached hydrogens (tertiary/aromatic N) is 1. The third-order valence-electron chi connectivity index (χ3n) is 3.63. The van der Waals surface area contributed by atoms with Gasteiger partial charge in [-0.3, -0.25) is 4.79 Å². The van der Waals surface area contributed by atoms with Crippen molar-refractivity contribution < 1.29 is 27.4 Å². The number of hydrogen-bond donors (Lipinski definition) is 1. The van der Waals surface area contributed by atoms with E-state index in [1.54, 1.807) is 30.3 Å². The zero-order chi connectivity index (χ0) is 20.0. The number of ether oxygens (including phenoxy) is 3. The number of carbonyl (C=O) groups excluding carboxylic acids is 1. The van der Waals surface area contributed by atoms with Crippen LogP contribution in [0.2, 0.25) is 0 Å². The fourth-order valence-corrected chi connectivity index (χ4v) is 3.19. The molecule has 0 radical (unpaired) electrons. The van der Waals surface area contributed by atoms with Gasteiger partial charge in [-0.2, -0.15) is 0 Å². The first-order valence-electron chi connectivity index (χ1n) is 7.96. The summed E-state index contributed by atoms with van der Waals surface area (Å²) in [6.45, 7) is -0.304. The Bertz CT molecular complexity index is 890. The molecule has 27 heavy (non-hydrogen) atoms. The van der Waals surface area contributed by atoms with E-state index < -0.39 is 15.9 Å². The van der Waals surface area contributed by atoms with E-state index in [0.29, 0.717) is 22.9 Å². The topological polar surface area (TPSA) is 94.2 Å². The van der Waals surface area contributed by atoms with E-state index in [1.807, 2.05) is 0 Å². The first-order chi connectivity index (χ1) is 12.8. The minimum absolute atomic E-state index is 0.0811. The summed E-state index contributed by atoms with van der Waals surface area (Å²) in [6, 6.07) is 11.1. The number of nitrogens with one attached hydrogen (secondary N) is 1. The largest absolute Gasteiger partial charge is 0.493 e. The van der Waals surface area contributed by atoms with Gasteiger partial charge < -0.3 is 19.5 Å². The molecule has 0 spiro atoms. The summed E-state index contributed by atoms with van der Waals surface area (Å²) in [4.78, 5) is 12.3. The van der Waals surface area contributed by atoms with E-state index in [-0.39, 0.29) is 11.5 Å². The van der Waals surface area contributed by atoms with E-state index in [2.05, 4.69) is 5.32 Å². The molecule has 2 rings (SSSR count). The van der Waals surface area contributed by atoms with Crippen LogP contribution in [0.15, 0.2) is 47.4 Å². The van der Waals surface area contributed by atoms with Crippen molar-refractivity contribution in [2.24, 2.45) is 0 Å². The summed E-state index contributed by atoms with van der Waals surface area (Å²) in [5.74, 6) is 0.714. The molecule has 0 saturated carbocycles. The van der Waals surface area contributed by atoms with Crippen molar-refractivity contribution in [3.63, 3.8) is 0 Å². The van der Waals surface area contributed by atoms with Crippen molar-refractivity contribution >= 4 is 21.6 Å². The van der Waals surface area contributed by atoms with Gasteiger partial charge in [-0.15, -0.1) is 0 Å². The maximum absolute atomic E-state index is 12.2. The Balaban J connectivity index is 2.10. The van der Waals surface area contributed by atoms with Crippen LogP contribution in [-0.4, -0.2) is 53.6 Å². The van der Waals surface area contributed by atoms with E-state index in [4.69, 9.17) is 14.2 Å². The summed E-state index contributed by atoms with van der Waals surface area (Å²) in [6.07, 6.45) is 0. The molecule has 146 valence electrons. The lowest BCUT2D eigenvalue weighted by atomic mass is 10.3. The number of rotatable bonds is 8. The summed E-state index contributed by atoms with van der Waals surface area (Å²) in [5, 5.41) is 2.61. The molecule has 0 fully saturated rings. The first kappa shape index (κ1) is 20.5. The molecule has 1 N–H and O–H groups in total. The molecule has 0 aliphatic rings. The molecule has 0 aliphatic heterocycles. The van der Waals surface area contributed by atoms with Crippen LogP contribution < -0.4 is 19.5 Å².